The fourth-order valence-corrected chi connectivity index (χ4v) is 5.17. The number of aliphatic hydroxyl groups excluding tert-OH is 1. The van der Waals surface area contributed by atoms with E-state index in [9.17, 15) is 4.79 Å². The Morgan fingerprint density at radius 1 is 1.07 bits per heavy atom. The van der Waals surface area contributed by atoms with Crippen molar-refractivity contribution < 1.29 is 9.90 Å². The Balaban J connectivity index is 1.68. The SMILES string of the molecule is C[C@@H](CC(=N)C(=O)c1[nH]c2cc(Cl)ccc2c1-c1c(-c2ccccc2)ncn1Cc1ccc(Cl)cc1)NCCO. The zero-order chi connectivity index (χ0) is 28.2. The van der Waals surface area contributed by atoms with Crippen LogP contribution < -0.4 is 5.32 Å². The summed E-state index contributed by atoms with van der Waals surface area (Å²) in [6.07, 6.45) is 1.99. The number of halogens is 2. The second-order valence-corrected chi connectivity index (χ2v) is 10.6. The van der Waals surface area contributed by atoms with Crippen molar-refractivity contribution in [2.24, 2.45) is 0 Å². The van der Waals surface area contributed by atoms with Gasteiger partial charge in [-0.25, -0.2) is 4.98 Å². The molecule has 0 saturated heterocycles. The number of Topliss-reactive ketones (excluding diaryl/α,β-unsaturated/α-hetero) is 1. The van der Waals surface area contributed by atoms with Gasteiger partial charge in [0.1, 0.15) is 0 Å². The molecule has 0 aliphatic rings. The summed E-state index contributed by atoms with van der Waals surface area (Å²) in [6, 6.07) is 22.8. The zero-order valence-electron chi connectivity index (χ0n) is 21.9. The Labute approximate surface area is 242 Å². The van der Waals surface area contributed by atoms with Crippen molar-refractivity contribution in [3.63, 3.8) is 0 Å². The summed E-state index contributed by atoms with van der Waals surface area (Å²) in [7, 11) is 0. The summed E-state index contributed by atoms with van der Waals surface area (Å²) < 4.78 is 2.02. The van der Waals surface area contributed by atoms with E-state index in [0.29, 0.717) is 39.9 Å². The quantitative estimate of drug-likeness (QED) is 0.105. The lowest BCUT2D eigenvalue weighted by Gasteiger charge is -2.15. The van der Waals surface area contributed by atoms with Gasteiger partial charge in [-0.15, -0.1) is 0 Å². The highest BCUT2D eigenvalue weighted by atomic mass is 35.5. The normalized spacial score (nSPS) is 12.1. The third-order valence-electron chi connectivity index (χ3n) is 6.76. The Hall–Kier alpha value is -3.75. The Bertz CT molecular complexity index is 1660. The van der Waals surface area contributed by atoms with E-state index in [2.05, 4.69) is 10.3 Å². The molecule has 0 amide bonds. The summed E-state index contributed by atoms with van der Waals surface area (Å²) in [5.41, 5.74) is 5.06. The van der Waals surface area contributed by atoms with Crippen LogP contribution >= 0.6 is 23.2 Å². The first-order valence-corrected chi connectivity index (χ1v) is 13.7. The van der Waals surface area contributed by atoms with Crippen LogP contribution in [0, 0.1) is 5.41 Å². The molecule has 2 heterocycles. The number of nitrogens with one attached hydrogen (secondary N) is 3. The summed E-state index contributed by atoms with van der Waals surface area (Å²) in [6.45, 7) is 2.76. The van der Waals surface area contributed by atoms with Crippen molar-refractivity contribution in [2.75, 3.05) is 13.2 Å². The predicted octanol–water partition coefficient (Wildman–Crippen LogP) is 6.62. The minimum absolute atomic E-state index is 0.0155. The molecule has 0 aliphatic heterocycles. The van der Waals surface area contributed by atoms with Gasteiger partial charge in [0.25, 0.3) is 0 Å². The molecule has 3 aromatic carbocycles. The summed E-state index contributed by atoms with van der Waals surface area (Å²) in [5, 5.41) is 22.9. The first-order chi connectivity index (χ1) is 19.4. The molecule has 9 heteroatoms. The smallest absolute Gasteiger partial charge is 0.223 e. The molecular weight excluding hydrogens is 545 g/mol. The summed E-state index contributed by atoms with van der Waals surface area (Å²) in [4.78, 5) is 21.9. The molecule has 0 aliphatic carbocycles. The standard InChI is InChI=1S/C31H29Cl2N5O2/c1-19(35-13-14-39)15-25(34)31(40)29-27(24-12-11-23(33)16-26(24)37-29)30-28(21-5-3-2-4-6-21)36-18-38(30)17-20-7-9-22(32)10-8-20/h2-12,16,18-19,34-35,37,39H,13-15,17H2,1H3/t19-/m0/s1. The van der Waals surface area contributed by atoms with Crippen LogP contribution in [-0.2, 0) is 6.54 Å². The molecule has 5 rings (SSSR count). The molecule has 40 heavy (non-hydrogen) atoms. The topological polar surface area (TPSA) is 107 Å². The van der Waals surface area contributed by atoms with Gasteiger partial charge in [-0.2, -0.15) is 0 Å². The lowest BCUT2D eigenvalue weighted by molar-refractivity contribution is 0.105. The molecule has 7 nitrogen and oxygen atoms in total. The number of carbonyl (C=O) groups excluding carboxylic acids is 1. The highest BCUT2D eigenvalue weighted by Gasteiger charge is 2.28. The lowest BCUT2D eigenvalue weighted by atomic mass is 9.97. The van der Waals surface area contributed by atoms with Crippen LogP contribution in [0.2, 0.25) is 10.0 Å². The molecule has 1 atom stereocenters. The zero-order valence-corrected chi connectivity index (χ0v) is 23.4. The van der Waals surface area contributed by atoms with E-state index in [0.717, 1.165) is 27.9 Å². The molecule has 0 fully saturated rings. The number of aromatic nitrogens is 3. The molecular formula is C31H29Cl2N5O2. The van der Waals surface area contributed by atoms with Gasteiger partial charge >= 0.3 is 0 Å². The lowest BCUT2D eigenvalue weighted by Crippen LogP contribution is -2.32. The molecule has 4 N–H and O–H groups in total. The van der Waals surface area contributed by atoms with Gasteiger partial charge in [0.2, 0.25) is 5.78 Å². The van der Waals surface area contributed by atoms with Crippen LogP contribution in [0.15, 0.2) is 79.1 Å². The number of aromatic amines is 1. The van der Waals surface area contributed by atoms with E-state index < -0.39 is 5.78 Å². The highest BCUT2D eigenvalue weighted by Crippen LogP contribution is 2.40. The molecule has 2 aromatic heterocycles. The van der Waals surface area contributed by atoms with Crippen molar-refractivity contribution in [2.45, 2.75) is 25.9 Å². The van der Waals surface area contributed by atoms with Crippen molar-refractivity contribution in [3.8, 4) is 22.5 Å². The average molecular weight is 575 g/mol. The first-order valence-electron chi connectivity index (χ1n) is 13.0. The van der Waals surface area contributed by atoms with Crippen LogP contribution in [0.4, 0.5) is 0 Å². The van der Waals surface area contributed by atoms with E-state index in [1.165, 1.54) is 0 Å². The van der Waals surface area contributed by atoms with E-state index in [4.69, 9.17) is 38.7 Å². The first kappa shape index (κ1) is 27.8. The maximum Gasteiger partial charge on any atom is 0.223 e. The van der Waals surface area contributed by atoms with Gasteiger partial charge in [0, 0.05) is 57.6 Å². The second-order valence-electron chi connectivity index (χ2n) is 9.72. The minimum atomic E-state index is -0.404. The largest absolute Gasteiger partial charge is 0.395 e. The van der Waals surface area contributed by atoms with E-state index >= 15 is 0 Å². The Kier molecular flexibility index (Phi) is 8.47. The average Bonchev–Trinajstić information content (AvgIpc) is 3.53. The van der Waals surface area contributed by atoms with Crippen molar-refractivity contribution in [3.05, 3.63) is 100 Å². The second kappa shape index (κ2) is 12.2. The van der Waals surface area contributed by atoms with Crippen LogP contribution in [0.1, 0.15) is 29.4 Å². The Morgan fingerprint density at radius 2 is 1.80 bits per heavy atom. The number of carbonyl (C=O) groups is 1. The number of imidazole rings is 1. The molecule has 0 saturated carbocycles. The summed E-state index contributed by atoms with van der Waals surface area (Å²) >= 11 is 12.5. The van der Waals surface area contributed by atoms with Crippen LogP contribution in [0.5, 0.6) is 0 Å². The van der Waals surface area contributed by atoms with Gasteiger partial charge in [0.05, 0.1) is 35.7 Å². The van der Waals surface area contributed by atoms with Gasteiger partial charge in [-0.05, 0) is 36.8 Å². The number of rotatable bonds is 11. The molecule has 0 bridgehead atoms. The maximum absolute atomic E-state index is 13.9. The number of H-pyrrole nitrogens is 1. The summed E-state index contributed by atoms with van der Waals surface area (Å²) in [5.74, 6) is -0.404. The fraction of sp³-hybridized carbons (Fsp3) is 0.194. The van der Waals surface area contributed by atoms with Gasteiger partial charge in [0.15, 0.2) is 0 Å². The van der Waals surface area contributed by atoms with E-state index in [1.807, 2.05) is 72.2 Å². The number of hydrogen-bond donors (Lipinski definition) is 4. The number of nitrogens with zero attached hydrogens (tertiary/aromatic N) is 2. The molecule has 0 spiro atoms. The van der Waals surface area contributed by atoms with Crippen LogP contribution in [-0.4, -0.2) is 50.3 Å². The monoisotopic (exact) mass is 573 g/mol. The number of fused-ring (bicyclic) bond motifs is 1. The highest BCUT2D eigenvalue weighted by molar-refractivity contribution is 6.46. The maximum atomic E-state index is 13.9. The van der Waals surface area contributed by atoms with Gasteiger partial charge in [-0.3, -0.25) is 4.79 Å². The number of aliphatic hydroxyl groups is 1. The minimum Gasteiger partial charge on any atom is -0.395 e. The third-order valence-corrected chi connectivity index (χ3v) is 7.25. The predicted molar refractivity (Wildman–Crippen MR) is 162 cm³/mol. The molecule has 0 radical (unpaired) electrons. The van der Waals surface area contributed by atoms with Crippen LogP contribution in [0.25, 0.3) is 33.4 Å². The van der Waals surface area contributed by atoms with Gasteiger partial charge < -0.3 is 25.4 Å². The number of ketones is 1. The van der Waals surface area contributed by atoms with Crippen LogP contribution in [0.3, 0.4) is 0 Å². The van der Waals surface area contributed by atoms with Crippen molar-refractivity contribution >= 4 is 45.6 Å². The van der Waals surface area contributed by atoms with Crippen molar-refractivity contribution in [1.29, 1.82) is 5.41 Å². The van der Waals surface area contributed by atoms with E-state index in [1.54, 1.807) is 18.5 Å². The third kappa shape index (κ3) is 5.88. The van der Waals surface area contributed by atoms with Crippen molar-refractivity contribution in [1.82, 2.24) is 19.9 Å². The Morgan fingerprint density at radius 3 is 2.52 bits per heavy atom. The number of benzene rings is 3. The van der Waals surface area contributed by atoms with Gasteiger partial charge in [-0.1, -0.05) is 71.7 Å². The number of hydrogen-bond acceptors (Lipinski definition) is 5. The molecule has 0 unspecified atom stereocenters. The fourth-order valence-electron chi connectivity index (χ4n) is 4.88. The van der Waals surface area contributed by atoms with E-state index in [-0.39, 0.29) is 24.8 Å². The molecule has 204 valence electrons. The molecule has 5 aromatic rings.